The van der Waals surface area contributed by atoms with Gasteiger partial charge in [-0.05, 0) is 54.6 Å². The van der Waals surface area contributed by atoms with Crippen molar-refractivity contribution >= 4 is 12.2 Å². The molecule has 1 heterocycles. The van der Waals surface area contributed by atoms with E-state index in [4.69, 9.17) is 0 Å². The fourth-order valence-corrected chi connectivity index (χ4v) is 4.76. The highest BCUT2D eigenvalue weighted by Crippen LogP contribution is 2.41. The molecule has 2 heteroatoms. The van der Waals surface area contributed by atoms with Crippen LogP contribution in [0.5, 0.6) is 0 Å². The van der Waals surface area contributed by atoms with E-state index in [1.807, 2.05) is 0 Å². The van der Waals surface area contributed by atoms with E-state index < -0.39 is 0 Å². The van der Waals surface area contributed by atoms with E-state index in [2.05, 4.69) is 107 Å². The van der Waals surface area contributed by atoms with Crippen molar-refractivity contribution in [3.05, 3.63) is 107 Å². The van der Waals surface area contributed by atoms with Crippen LogP contribution in [0, 0.1) is 0 Å². The summed E-state index contributed by atoms with van der Waals surface area (Å²) in [5.74, 6) is 0.730. The van der Waals surface area contributed by atoms with Crippen molar-refractivity contribution in [1.82, 2.24) is 10.2 Å². The van der Waals surface area contributed by atoms with Crippen LogP contribution in [-0.4, -0.2) is 30.1 Å². The maximum atomic E-state index is 3.93. The van der Waals surface area contributed by atoms with Crippen molar-refractivity contribution < 1.29 is 0 Å². The van der Waals surface area contributed by atoms with Gasteiger partial charge in [0.05, 0.1) is 0 Å². The largest absolute Gasteiger partial charge is 0.311 e. The van der Waals surface area contributed by atoms with Crippen molar-refractivity contribution in [3.63, 3.8) is 0 Å². The number of benzene rings is 3. The summed E-state index contributed by atoms with van der Waals surface area (Å²) in [5, 5.41) is 3.93. The van der Waals surface area contributed by atoms with Crippen LogP contribution in [0.3, 0.4) is 0 Å². The van der Waals surface area contributed by atoms with Gasteiger partial charge in [0.15, 0.2) is 0 Å². The Labute approximate surface area is 186 Å². The predicted octanol–water partition coefficient (Wildman–Crippen LogP) is 5.97. The Morgan fingerprint density at radius 3 is 2.03 bits per heavy atom. The molecule has 0 aromatic heterocycles. The molecule has 0 spiro atoms. The molecule has 1 aliphatic carbocycles. The molecule has 158 valence electrons. The van der Waals surface area contributed by atoms with Gasteiger partial charge in [-0.3, -0.25) is 4.90 Å². The highest BCUT2D eigenvalue weighted by Gasteiger charge is 2.39. The van der Waals surface area contributed by atoms with E-state index in [9.17, 15) is 0 Å². The number of nitrogens with one attached hydrogen (secondary N) is 1. The van der Waals surface area contributed by atoms with Gasteiger partial charge in [0.2, 0.25) is 0 Å². The van der Waals surface area contributed by atoms with E-state index >= 15 is 0 Å². The molecule has 2 fully saturated rings. The Bertz CT molecular complexity index is 970. The fraction of sp³-hybridized carbons (Fsp3) is 0.310. The van der Waals surface area contributed by atoms with Gasteiger partial charge < -0.3 is 5.32 Å². The smallest absolute Gasteiger partial charge is 0.0233 e. The number of nitrogens with zero attached hydrogens (tertiary/aromatic N) is 1. The molecular weight excluding hydrogens is 376 g/mol. The van der Waals surface area contributed by atoms with Gasteiger partial charge in [-0.25, -0.2) is 0 Å². The molecule has 2 nitrogen and oxygen atoms in total. The Morgan fingerprint density at radius 1 is 0.742 bits per heavy atom. The van der Waals surface area contributed by atoms with E-state index in [1.54, 1.807) is 0 Å². The Morgan fingerprint density at radius 2 is 1.35 bits per heavy atom. The molecule has 1 saturated carbocycles. The van der Waals surface area contributed by atoms with Crippen LogP contribution in [0.1, 0.15) is 47.4 Å². The van der Waals surface area contributed by atoms with Crippen molar-refractivity contribution in [2.75, 3.05) is 13.1 Å². The number of rotatable bonds is 7. The summed E-state index contributed by atoms with van der Waals surface area (Å²) in [6.45, 7) is 3.44. The topological polar surface area (TPSA) is 15.3 Å². The van der Waals surface area contributed by atoms with Gasteiger partial charge in [-0.1, -0.05) is 97.1 Å². The van der Waals surface area contributed by atoms with Gasteiger partial charge in [-0.15, -0.1) is 0 Å². The normalized spacial score (nSPS) is 22.1. The van der Waals surface area contributed by atoms with Gasteiger partial charge in [0.1, 0.15) is 0 Å². The maximum absolute atomic E-state index is 3.93. The molecule has 3 aromatic carbocycles. The van der Waals surface area contributed by atoms with Crippen LogP contribution in [-0.2, 0) is 6.54 Å². The Balaban J connectivity index is 1.06. The quantitative estimate of drug-likeness (QED) is 0.485. The fourth-order valence-electron chi connectivity index (χ4n) is 4.76. The summed E-state index contributed by atoms with van der Waals surface area (Å²) in [7, 11) is 0. The number of piperidine rings is 1. The molecule has 0 radical (unpaired) electrons. The maximum Gasteiger partial charge on any atom is 0.0233 e. The zero-order valence-electron chi connectivity index (χ0n) is 18.2. The number of hydrogen-bond acceptors (Lipinski definition) is 2. The average Bonchev–Trinajstić information content (AvgIpc) is 3.60. The summed E-state index contributed by atoms with van der Waals surface area (Å²) >= 11 is 0. The number of hydrogen-bond donors (Lipinski definition) is 1. The van der Waals surface area contributed by atoms with Crippen LogP contribution < -0.4 is 5.32 Å². The van der Waals surface area contributed by atoms with E-state index in [1.165, 1.54) is 54.6 Å². The summed E-state index contributed by atoms with van der Waals surface area (Å²) < 4.78 is 0. The van der Waals surface area contributed by atoms with Crippen LogP contribution in [0.2, 0.25) is 0 Å². The molecule has 31 heavy (non-hydrogen) atoms. The highest BCUT2D eigenvalue weighted by atomic mass is 15.1. The first-order valence-corrected chi connectivity index (χ1v) is 11.7. The molecular formula is C29H32N2. The van der Waals surface area contributed by atoms with Gasteiger partial charge >= 0.3 is 0 Å². The second-order valence-corrected chi connectivity index (χ2v) is 9.06. The third-order valence-electron chi connectivity index (χ3n) is 6.71. The van der Waals surface area contributed by atoms with E-state index in [-0.39, 0.29) is 0 Å². The third kappa shape index (κ3) is 5.52. The van der Waals surface area contributed by atoms with Crippen LogP contribution in [0.25, 0.3) is 12.2 Å². The first-order valence-electron chi connectivity index (χ1n) is 11.7. The second-order valence-electron chi connectivity index (χ2n) is 9.06. The van der Waals surface area contributed by atoms with E-state index in [0.29, 0.717) is 12.1 Å². The monoisotopic (exact) mass is 408 g/mol. The average molecular weight is 409 g/mol. The van der Waals surface area contributed by atoms with Crippen molar-refractivity contribution in [2.45, 2.75) is 43.8 Å². The lowest BCUT2D eigenvalue weighted by atomic mass is 10.0. The van der Waals surface area contributed by atoms with Gasteiger partial charge in [0, 0.05) is 24.5 Å². The lowest BCUT2D eigenvalue weighted by Gasteiger charge is -2.32. The molecule has 2 atom stereocenters. The molecule has 2 aliphatic rings. The van der Waals surface area contributed by atoms with E-state index in [0.717, 1.165) is 12.5 Å². The SMILES string of the molecule is C(=Cc1ccc(CN2CCC(N[C@@H]3C[C@H]3c3ccccc3)CC2)cc1)c1ccccc1. The highest BCUT2D eigenvalue weighted by molar-refractivity contribution is 5.69. The summed E-state index contributed by atoms with van der Waals surface area (Å²) in [4.78, 5) is 2.61. The predicted molar refractivity (Wildman–Crippen MR) is 131 cm³/mol. The second kappa shape index (κ2) is 9.64. The number of likely N-dealkylation sites (tertiary alicyclic amines) is 1. The molecule has 0 unspecified atom stereocenters. The van der Waals surface area contributed by atoms with Crippen molar-refractivity contribution in [2.24, 2.45) is 0 Å². The summed E-state index contributed by atoms with van der Waals surface area (Å²) in [5.41, 5.74) is 5.41. The zero-order chi connectivity index (χ0) is 20.9. The molecule has 0 bridgehead atoms. The molecule has 3 aromatic rings. The van der Waals surface area contributed by atoms with Crippen molar-refractivity contribution in [3.8, 4) is 0 Å². The zero-order valence-corrected chi connectivity index (χ0v) is 18.2. The van der Waals surface area contributed by atoms with Crippen LogP contribution >= 0.6 is 0 Å². The van der Waals surface area contributed by atoms with Crippen molar-refractivity contribution in [1.29, 1.82) is 0 Å². The minimum absolute atomic E-state index is 0.681. The molecule has 1 aliphatic heterocycles. The first kappa shape index (κ1) is 20.2. The van der Waals surface area contributed by atoms with Gasteiger partial charge in [-0.2, -0.15) is 0 Å². The van der Waals surface area contributed by atoms with Gasteiger partial charge in [0.25, 0.3) is 0 Å². The summed E-state index contributed by atoms with van der Waals surface area (Å²) in [6, 6.07) is 31.9. The molecule has 0 amide bonds. The summed E-state index contributed by atoms with van der Waals surface area (Å²) in [6.07, 6.45) is 8.19. The molecule has 1 N–H and O–H groups in total. The van der Waals surface area contributed by atoms with Crippen LogP contribution in [0.4, 0.5) is 0 Å². The Kier molecular flexibility index (Phi) is 6.29. The van der Waals surface area contributed by atoms with Crippen LogP contribution in [0.15, 0.2) is 84.9 Å². The minimum Gasteiger partial charge on any atom is -0.311 e. The minimum atomic E-state index is 0.681. The molecule has 1 saturated heterocycles. The third-order valence-corrected chi connectivity index (χ3v) is 6.71. The Hall–Kier alpha value is -2.68. The lowest BCUT2D eigenvalue weighted by molar-refractivity contribution is 0.189. The lowest BCUT2D eigenvalue weighted by Crippen LogP contribution is -2.43. The standard InChI is InChI=1S/C29H32N2/c1-3-7-23(8-4-1)11-12-24-13-15-25(16-14-24)22-31-19-17-27(18-20-31)30-29-21-28(29)26-9-5-2-6-10-26/h1-16,27-30H,17-22H2/t28-,29+/m0/s1. The first-order chi connectivity index (χ1) is 15.3. The molecule has 5 rings (SSSR count).